The maximum atomic E-state index is 13.0. The van der Waals surface area contributed by atoms with Crippen molar-refractivity contribution in [3.8, 4) is 0 Å². The molecule has 2 aromatic rings. The van der Waals surface area contributed by atoms with Crippen LogP contribution in [0, 0.1) is 12.8 Å². The second-order valence-electron chi connectivity index (χ2n) is 10.1. The molecule has 180 valence electrons. The van der Waals surface area contributed by atoms with Gasteiger partial charge in [-0.05, 0) is 83.8 Å². The van der Waals surface area contributed by atoms with Gasteiger partial charge >= 0.3 is 0 Å². The van der Waals surface area contributed by atoms with E-state index >= 15 is 0 Å². The lowest BCUT2D eigenvalue weighted by atomic mass is 9.97. The number of pyridine rings is 1. The quantitative estimate of drug-likeness (QED) is 0.696. The maximum Gasteiger partial charge on any atom is 0.224 e. The molecule has 5 rings (SSSR count). The van der Waals surface area contributed by atoms with Gasteiger partial charge in [0.05, 0.1) is 5.92 Å². The summed E-state index contributed by atoms with van der Waals surface area (Å²) in [5, 5.41) is 4.48. The molecule has 0 bridgehead atoms. The lowest BCUT2D eigenvalue weighted by molar-refractivity contribution is -0.125. The van der Waals surface area contributed by atoms with Crippen LogP contribution in [0.5, 0.6) is 0 Å². The van der Waals surface area contributed by atoms with Gasteiger partial charge in [-0.1, -0.05) is 6.42 Å². The van der Waals surface area contributed by atoms with Crippen molar-refractivity contribution in [3.63, 3.8) is 0 Å². The predicted molar refractivity (Wildman–Crippen MR) is 137 cm³/mol. The van der Waals surface area contributed by atoms with Crippen LogP contribution in [0.1, 0.15) is 49.8 Å². The van der Waals surface area contributed by atoms with Crippen LogP contribution < -0.4 is 10.2 Å². The van der Waals surface area contributed by atoms with Crippen molar-refractivity contribution in [1.82, 2.24) is 20.1 Å². The van der Waals surface area contributed by atoms with E-state index in [4.69, 9.17) is 4.98 Å². The third-order valence-corrected chi connectivity index (χ3v) is 8.85. The van der Waals surface area contributed by atoms with Crippen LogP contribution in [0.2, 0.25) is 0 Å². The minimum Gasteiger partial charge on any atom is -0.355 e. The normalized spacial score (nSPS) is 23.8. The molecule has 6 nitrogen and oxygen atoms in total. The van der Waals surface area contributed by atoms with Gasteiger partial charge in [-0.25, -0.2) is 4.98 Å². The number of thiophene rings is 1. The number of aromatic nitrogens is 1. The molecule has 3 aliphatic heterocycles. The summed E-state index contributed by atoms with van der Waals surface area (Å²) in [6, 6.07) is 5.12. The van der Waals surface area contributed by atoms with Gasteiger partial charge in [0.1, 0.15) is 5.82 Å². The van der Waals surface area contributed by atoms with Gasteiger partial charge in [0.25, 0.3) is 0 Å². The van der Waals surface area contributed by atoms with E-state index in [0.717, 1.165) is 50.9 Å². The molecule has 2 aromatic heterocycles. The van der Waals surface area contributed by atoms with Gasteiger partial charge in [0.15, 0.2) is 0 Å². The zero-order valence-electron chi connectivity index (χ0n) is 20.1. The monoisotopic (exact) mass is 469 g/mol. The van der Waals surface area contributed by atoms with Gasteiger partial charge in [0.2, 0.25) is 5.91 Å². The molecule has 0 unspecified atom stereocenters. The fourth-order valence-corrected chi connectivity index (χ4v) is 6.90. The summed E-state index contributed by atoms with van der Waals surface area (Å²) in [5.41, 5.74) is 0. The first-order valence-corrected chi connectivity index (χ1v) is 13.8. The second kappa shape index (κ2) is 10.7. The Balaban J connectivity index is 1.07. The number of nitrogens with zero attached hydrogens (tertiary/aromatic N) is 4. The first-order chi connectivity index (χ1) is 16.2. The Hall–Kier alpha value is -1.70. The molecule has 0 aliphatic carbocycles. The summed E-state index contributed by atoms with van der Waals surface area (Å²) in [6.07, 6.45) is 10.7. The summed E-state index contributed by atoms with van der Waals surface area (Å²) >= 11 is 1.82. The molecule has 0 radical (unpaired) electrons. The Labute approximate surface area is 202 Å². The molecular weight excluding hydrogens is 430 g/mol. The molecule has 0 saturated carbocycles. The first kappa shape index (κ1) is 23.1. The molecule has 7 heteroatoms. The Morgan fingerprint density at radius 2 is 1.91 bits per heavy atom. The van der Waals surface area contributed by atoms with Crippen LogP contribution in [0.3, 0.4) is 0 Å². The Bertz CT molecular complexity index is 932. The fourth-order valence-electron chi connectivity index (χ4n) is 5.98. The van der Waals surface area contributed by atoms with Crippen molar-refractivity contribution in [2.24, 2.45) is 5.92 Å². The number of carbonyl (C=O) groups excluding carboxylic acids is 1. The Kier molecular flexibility index (Phi) is 7.48. The van der Waals surface area contributed by atoms with E-state index in [9.17, 15) is 4.79 Å². The minimum atomic E-state index is 0.0559. The highest BCUT2D eigenvalue weighted by Crippen LogP contribution is 2.33. The van der Waals surface area contributed by atoms with E-state index < -0.39 is 0 Å². The summed E-state index contributed by atoms with van der Waals surface area (Å²) in [6.45, 7) is 10.6. The average molecular weight is 470 g/mol. The van der Waals surface area contributed by atoms with Gasteiger partial charge < -0.3 is 20.0 Å². The molecule has 1 N–H and O–H groups in total. The van der Waals surface area contributed by atoms with Gasteiger partial charge in [0, 0.05) is 53.4 Å². The molecule has 33 heavy (non-hydrogen) atoms. The standard InChI is InChI=1S/C26H39N5OS/c1-20-18-23-24(33-20)7-10-27-25(23)31-14-5-6-21(19-31)26(32)28-11-17-29-15-8-22(9-16-29)30-12-3-2-4-13-30/h7,10,18,21-22H,2-6,8-9,11-17,19H2,1H3,(H,28,32)/t21-/m0/s1. The molecule has 1 amide bonds. The first-order valence-electron chi connectivity index (χ1n) is 13.0. The number of likely N-dealkylation sites (tertiary alicyclic amines) is 2. The van der Waals surface area contributed by atoms with Crippen molar-refractivity contribution >= 4 is 33.1 Å². The highest BCUT2D eigenvalue weighted by atomic mass is 32.1. The number of fused-ring (bicyclic) bond motifs is 1. The molecule has 0 spiro atoms. The van der Waals surface area contributed by atoms with Gasteiger partial charge in [-0.2, -0.15) is 0 Å². The van der Waals surface area contributed by atoms with Crippen LogP contribution in [0.4, 0.5) is 5.82 Å². The largest absolute Gasteiger partial charge is 0.355 e. The lowest BCUT2D eigenvalue weighted by Crippen LogP contribution is -2.49. The number of nitrogens with one attached hydrogen (secondary N) is 1. The van der Waals surface area contributed by atoms with E-state index in [1.165, 1.54) is 73.2 Å². The molecular formula is C26H39N5OS. The van der Waals surface area contributed by atoms with Crippen LogP contribution in [0.15, 0.2) is 18.3 Å². The van der Waals surface area contributed by atoms with E-state index in [1.54, 1.807) is 0 Å². The summed E-state index contributed by atoms with van der Waals surface area (Å²) < 4.78 is 1.29. The Morgan fingerprint density at radius 3 is 2.73 bits per heavy atom. The van der Waals surface area contributed by atoms with Crippen molar-refractivity contribution in [1.29, 1.82) is 0 Å². The number of hydrogen-bond acceptors (Lipinski definition) is 6. The summed E-state index contributed by atoms with van der Waals surface area (Å²) in [7, 11) is 0. The predicted octanol–water partition coefficient (Wildman–Crippen LogP) is 3.89. The SMILES string of the molecule is Cc1cc2c(N3CCC[C@H](C(=O)NCCN4CCC(N5CCCCC5)CC4)C3)nccc2s1. The average Bonchev–Trinajstić information content (AvgIpc) is 3.25. The molecule has 3 saturated heterocycles. The molecule has 1 atom stereocenters. The summed E-state index contributed by atoms with van der Waals surface area (Å²) in [5.74, 6) is 1.32. The number of rotatable bonds is 6. The highest BCUT2D eigenvalue weighted by molar-refractivity contribution is 7.19. The van der Waals surface area contributed by atoms with Crippen LogP contribution >= 0.6 is 11.3 Å². The van der Waals surface area contributed by atoms with Crippen LogP contribution in [0.25, 0.3) is 10.1 Å². The lowest BCUT2D eigenvalue weighted by Gasteiger charge is -2.40. The fraction of sp³-hybridized carbons (Fsp3) is 0.692. The zero-order chi connectivity index (χ0) is 22.6. The highest BCUT2D eigenvalue weighted by Gasteiger charge is 2.28. The zero-order valence-corrected chi connectivity index (χ0v) is 20.9. The van der Waals surface area contributed by atoms with Gasteiger partial charge in [-0.15, -0.1) is 11.3 Å². The van der Waals surface area contributed by atoms with Crippen molar-refractivity contribution < 1.29 is 4.79 Å². The third-order valence-electron chi connectivity index (χ3n) is 7.83. The minimum absolute atomic E-state index is 0.0559. The number of anilines is 1. The number of aryl methyl sites for hydroxylation is 1. The van der Waals surface area contributed by atoms with Gasteiger partial charge in [-0.3, -0.25) is 4.79 Å². The summed E-state index contributed by atoms with van der Waals surface area (Å²) in [4.78, 5) is 26.6. The second-order valence-corrected chi connectivity index (χ2v) is 11.4. The molecule has 3 aliphatic rings. The van der Waals surface area contributed by atoms with Crippen molar-refractivity contribution in [3.05, 3.63) is 23.2 Å². The smallest absolute Gasteiger partial charge is 0.224 e. The number of piperidine rings is 3. The number of amides is 1. The van der Waals surface area contributed by atoms with Crippen LogP contribution in [-0.4, -0.2) is 79.1 Å². The number of hydrogen-bond donors (Lipinski definition) is 1. The van der Waals surface area contributed by atoms with E-state index in [1.807, 2.05) is 17.5 Å². The van der Waals surface area contributed by atoms with E-state index in [-0.39, 0.29) is 11.8 Å². The molecule has 3 fully saturated rings. The Morgan fingerprint density at radius 1 is 1.09 bits per heavy atom. The van der Waals surface area contributed by atoms with Crippen molar-refractivity contribution in [2.75, 3.05) is 57.3 Å². The topological polar surface area (TPSA) is 51.7 Å². The van der Waals surface area contributed by atoms with Crippen LogP contribution in [-0.2, 0) is 4.79 Å². The van der Waals surface area contributed by atoms with Crippen molar-refractivity contribution in [2.45, 2.75) is 57.9 Å². The number of carbonyl (C=O) groups is 1. The van der Waals surface area contributed by atoms with E-state index in [2.05, 4.69) is 39.1 Å². The van der Waals surface area contributed by atoms with E-state index in [0.29, 0.717) is 0 Å². The third kappa shape index (κ3) is 5.52. The molecule has 5 heterocycles. The maximum absolute atomic E-state index is 13.0. The molecule has 0 aromatic carbocycles.